The zero-order valence-electron chi connectivity index (χ0n) is 10.4. The molecule has 0 saturated carbocycles. The summed E-state index contributed by atoms with van der Waals surface area (Å²) in [6, 6.07) is 5.68. The molecule has 0 aliphatic rings. The topological polar surface area (TPSA) is 29.5 Å². The summed E-state index contributed by atoms with van der Waals surface area (Å²) in [5.74, 6) is -6.31. The Bertz CT molecular complexity index is 627. The van der Waals surface area contributed by atoms with Crippen LogP contribution in [-0.2, 0) is 6.61 Å². The van der Waals surface area contributed by atoms with Crippen molar-refractivity contribution in [1.29, 1.82) is 0 Å². The van der Waals surface area contributed by atoms with Gasteiger partial charge in [0.15, 0.2) is 23.3 Å². The van der Waals surface area contributed by atoms with Crippen molar-refractivity contribution in [2.45, 2.75) is 6.61 Å². The first-order valence-electron chi connectivity index (χ1n) is 5.62. The summed E-state index contributed by atoms with van der Waals surface area (Å²) < 4.78 is 60.1. The van der Waals surface area contributed by atoms with Crippen molar-refractivity contribution in [3.05, 3.63) is 53.1 Å². The second-order valence-corrected chi connectivity index (χ2v) is 3.97. The van der Waals surface area contributed by atoms with Crippen molar-refractivity contribution in [2.75, 3.05) is 7.11 Å². The minimum Gasteiger partial charge on any atom is -0.496 e. The van der Waals surface area contributed by atoms with Crippen LogP contribution in [0.4, 0.5) is 17.6 Å². The Hall–Kier alpha value is -2.08. The molecule has 0 heterocycles. The normalized spacial score (nSPS) is 10.7. The molecule has 0 amide bonds. The van der Waals surface area contributed by atoms with Crippen LogP contribution in [0.15, 0.2) is 24.3 Å². The Kier molecular flexibility index (Phi) is 3.94. The molecule has 20 heavy (non-hydrogen) atoms. The zero-order valence-corrected chi connectivity index (χ0v) is 10.4. The monoisotopic (exact) mass is 286 g/mol. The van der Waals surface area contributed by atoms with E-state index < -0.39 is 41.0 Å². The fourth-order valence-electron chi connectivity index (χ4n) is 1.90. The molecular formula is C14H10F4O2. The van der Waals surface area contributed by atoms with E-state index in [4.69, 9.17) is 9.84 Å². The highest BCUT2D eigenvalue weighted by molar-refractivity contribution is 5.72. The number of rotatable bonds is 3. The van der Waals surface area contributed by atoms with Crippen LogP contribution in [-0.4, -0.2) is 12.2 Å². The van der Waals surface area contributed by atoms with E-state index in [-0.39, 0.29) is 11.3 Å². The molecule has 0 aliphatic heterocycles. The van der Waals surface area contributed by atoms with Crippen LogP contribution in [0.1, 0.15) is 5.56 Å². The number of benzene rings is 2. The van der Waals surface area contributed by atoms with Crippen molar-refractivity contribution in [2.24, 2.45) is 0 Å². The largest absolute Gasteiger partial charge is 0.496 e. The van der Waals surface area contributed by atoms with Crippen molar-refractivity contribution >= 4 is 0 Å². The fraction of sp³-hybridized carbons (Fsp3) is 0.143. The highest BCUT2D eigenvalue weighted by atomic mass is 19.2. The first kappa shape index (κ1) is 14.3. The van der Waals surface area contributed by atoms with E-state index in [2.05, 4.69) is 0 Å². The summed E-state index contributed by atoms with van der Waals surface area (Å²) in [7, 11) is 1.27. The molecule has 0 fully saturated rings. The summed E-state index contributed by atoms with van der Waals surface area (Å²) in [5.41, 5.74) is -2.03. The average molecular weight is 286 g/mol. The Morgan fingerprint density at radius 2 is 1.50 bits per heavy atom. The molecular weight excluding hydrogens is 276 g/mol. The molecule has 0 atom stereocenters. The Morgan fingerprint density at radius 1 is 0.950 bits per heavy atom. The van der Waals surface area contributed by atoms with Gasteiger partial charge in [0.05, 0.1) is 24.8 Å². The van der Waals surface area contributed by atoms with Gasteiger partial charge in [-0.05, 0) is 6.07 Å². The number of aliphatic hydroxyl groups excluding tert-OH is 1. The lowest BCUT2D eigenvalue weighted by molar-refractivity contribution is 0.263. The molecule has 0 spiro atoms. The van der Waals surface area contributed by atoms with E-state index in [0.717, 1.165) is 0 Å². The van der Waals surface area contributed by atoms with Crippen LogP contribution in [0.5, 0.6) is 5.75 Å². The number of methoxy groups -OCH3 is 1. The van der Waals surface area contributed by atoms with Crippen LogP contribution < -0.4 is 4.74 Å². The molecule has 0 bridgehead atoms. The van der Waals surface area contributed by atoms with Gasteiger partial charge in [0.2, 0.25) is 0 Å². The molecule has 0 aliphatic carbocycles. The lowest BCUT2D eigenvalue weighted by Gasteiger charge is -2.13. The summed E-state index contributed by atoms with van der Waals surface area (Å²) >= 11 is 0. The minimum atomic E-state index is -1.62. The quantitative estimate of drug-likeness (QED) is 0.692. The summed E-state index contributed by atoms with van der Waals surface area (Å²) in [5, 5.41) is 8.77. The van der Waals surface area contributed by atoms with E-state index in [1.807, 2.05) is 0 Å². The zero-order chi connectivity index (χ0) is 14.9. The fourth-order valence-corrected chi connectivity index (χ4v) is 1.90. The standard InChI is InChI=1S/C14H10F4O2/c1-20-9-5-3-2-4-7(9)10-13(17)11(15)8(6-19)12(16)14(10)18/h2-5,19H,6H2,1H3. The first-order valence-corrected chi connectivity index (χ1v) is 5.62. The molecule has 2 aromatic carbocycles. The third-order valence-electron chi connectivity index (χ3n) is 2.89. The predicted octanol–water partition coefficient (Wildman–Crippen LogP) is 3.41. The molecule has 6 heteroatoms. The molecule has 0 aromatic heterocycles. The van der Waals surface area contributed by atoms with Crippen molar-refractivity contribution in [3.8, 4) is 16.9 Å². The second-order valence-electron chi connectivity index (χ2n) is 3.97. The van der Waals surface area contributed by atoms with Gasteiger partial charge in [0.1, 0.15) is 5.75 Å². The lowest BCUT2D eigenvalue weighted by Crippen LogP contribution is -2.06. The van der Waals surface area contributed by atoms with E-state index in [9.17, 15) is 17.6 Å². The maximum absolute atomic E-state index is 13.9. The van der Waals surface area contributed by atoms with Crippen molar-refractivity contribution in [3.63, 3.8) is 0 Å². The molecule has 0 radical (unpaired) electrons. The van der Waals surface area contributed by atoms with Gasteiger partial charge in [-0.15, -0.1) is 0 Å². The highest BCUT2D eigenvalue weighted by Crippen LogP contribution is 2.36. The second kappa shape index (κ2) is 5.50. The molecule has 2 nitrogen and oxygen atoms in total. The van der Waals surface area contributed by atoms with Crippen LogP contribution in [0.3, 0.4) is 0 Å². The van der Waals surface area contributed by atoms with Gasteiger partial charge in [-0.25, -0.2) is 17.6 Å². The molecule has 0 unspecified atom stereocenters. The maximum atomic E-state index is 13.9. The van der Waals surface area contributed by atoms with Gasteiger partial charge in [-0.1, -0.05) is 18.2 Å². The van der Waals surface area contributed by atoms with E-state index in [0.29, 0.717) is 0 Å². The highest BCUT2D eigenvalue weighted by Gasteiger charge is 2.27. The van der Waals surface area contributed by atoms with Crippen molar-refractivity contribution in [1.82, 2.24) is 0 Å². The Balaban J connectivity index is 2.82. The van der Waals surface area contributed by atoms with Crippen molar-refractivity contribution < 1.29 is 27.4 Å². The lowest BCUT2D eigenvalue weighted by atomic mass is 10.00. The van der Waals surface area contributed by atoms with Gasteiger partial charge in [0, 0.05) is 5.56 Å². The molecule has 2 rings (SSSR count). The number of halogens is 4. The molecule has 0 saturated heterocycles. The number of ether oxygens (including phenoxy) is 1. The Morgan fingerprint density at radius 3 is 2.00 bits per heavy atom. The number of hydrogen-bond acceptors (Lipinski definition) is 2. The molecule has 1 N–H and O–H groups in total. The van der Waals surface area contributed by atoms with E-state index >= 15 is 0 Å². The maximum Gasteiger partial charge on any atom is 0.170 e. The number of para-hydroxylation sites is 1. The molecule has 106 valence electrons. The van der Waals surface area contributed by atoms with E-state index in [1.54, 1.807) is 6.07 Å². The van der Waals surface area contributed by atoms with Crippen LogP contribution in [0.25, 0.3) is 11.1 Å². The minimum absolute atomic E-state index is 0.0702. The van der Waals surface area contributed by atoms with Crippen LogP contribution >= 0.6 is 0 Å². The smallest absolute Gasteiger partial charge is 0.170 e. The third-order valence-corrected chi connectivity index (χ3v) is 2.89. The van der Waals surface area contributed by atoms with Gasteiger partial charge < -0.3 is 9.84 Å². The van der Waals surface area contributed by atoms with Gasteiger partial charge in [0.25, 0.3) is 0 Å². The van der Waals surface area contributed by atoms with Gasteiger partial charge >= 0.3 is 0 Å². The Labute approximate surface area is 112 Å². The predicted molar refractivity (Wildman–Crippen MR) is 64.2 cm³/mol. The van der Waals surface area contributed by atoms with Crippen LogP contribution in [0.2, 0.25) is 0 Å². The van der Waals surface area contributed by atoms with Gasteiger partial charge in [-0.3, -0.25) is 0 Å². The number of hydrogen-bond donors (Lipinski definition) is 1. The molecule has 2 aromatic rings. The average Bonchev–Trinajstić information content (AvgIpc) is 2.46. The SMILES string of the molecule is COc1ccccc1-c1c(F)c(F)c(CO)c(F)c1F. The summed E-state index contributed by atoms with van der Waals surface area (Å²) in [6.07, 6.45) is 0. The van der Waals surface area contributed by atoms with Crippen LogP contribution in [0, 0.1) is 23.3 Å². The number of aliphatic hydroxyl groups is 1. The first-order chi connectivity index (χ1) is 9.52. The van der Waals surface area contributed by atoms with Gasteiger partial charge in [-0.2, -0.15) is 0 Å². The summed E-state index contributed by atoms with van der Waals surface area (Å²) in [6.45, 7) is -1.14. The van der Waals surface area contributed by atoms with E-state index in [1.165, 1.54) is 25.3 Å². The summed E-state index contributed by atoms with van der Waals surface area (Å²) in [4.78, 5) is 0. The third kappa shape index (κ3) is 2.12.